The molecule has 6 heteroatoms. The fourth-order valence-electron chi connectivity index (χ4n) is 2.89. The van der Waals surface area contributed by atoms with E-state index in [4.69, 9.17) is 0 Å². The number of aromatic nitrogens is 2. The largest absolute Gasteiger partial charge is 0.349 e. The average molecular weight is 391 g/mol. The van der Waals surface area contributed by atoms with E-state index < -0.39 is 0 Å². The number of nitrogens with one attached hydrogen (secondary N) is 1. The molecule has 1 aliphatic heterocycles. The van der Waals surface area contributed by atoms with Crippen LogP contribution in [0.15, 0.2) is 17.4 Å². The highest BCUT2D eigenvalue weighted by Gasteiger charge is 2.23. The third-order valence-electron chi connectivity index (χ3n) is 3.71. The Kier molecular flexibility index (Phi) is 6.78. The standard InChI is InChI=1S/C14H25N5.HI/c1-11-7-12(2)10-19(9-11)14(15-3)17-8-13-16-5-6-18(13)4;/h5-6,11-12H,7-10H2,1-4H3,(H,15,17);1H. The number of rotatable bonds is 2. The fourth-order valence-corrected chi connectivity index (χ4v) is 2.89. The molecule has 1 aromatic rings. The van der Waals surface area contributed by atoms with Gasteiger partial charge in [0.1, 0.15) is 5.82 Å². The Morgan fingerprint density at radius 1 is 1.40 bits per heavy atom. The molecule has 0 radical (unpaired) electrons. The van der Waals surface area contributed by atoms with Crippen LogP contribution in [0.3, 0.4) is 0 Å². The van der Waals surface area contributed by atoms with Crippen LogP contribution in [0.5, 0.6) is 0 Å². The van der Waals surface area contributed by atoms with E-state index in [0.717, 1.165) is 43.3 Å². The highest BCUT2D eigenvalue weighted by molar-refractivity contribution is 14.0. The Morgan fingerprint density at radius 3 is 2.55 bits per heavy atom. The zero-order valence-corrected chi connectivity index (χ0v) is 15.2. The van der Waals surface area contributed by atoms with Crippen LogP contribution in [0.25, 0.3) is 0 Å². The Morgan fingerprint density at radius 2 is 2.05 bits per heavy atom. The minimum atomic E-state index is 0. The monoisotopic (exact) mass is 391 g/mol. The van der Waals surface area contributed by atoms with Crippen molar-refractivity contribution in [2.45, 2.75) is 26.8 Å². The highest BCUT2D eigenvalue weighted by Crippen LogP contribution is 2.20. The summed E-state index contributed by atoms with van der Waals surface area (Å²) in [4.78, 5) is 11.1. The molecule has 0 bridgehead atoms. The van der Waals surface area contributed by atoms with Crippen molar-refractivity contribution in [2.24, 2.45) is 23.9 Å². The molecule has 2 atom stereocenters. The predicted molar refractivity (Wildman–Crippen MR) is 93.3 cm³/mol. The first-order chi connectivity index (χ1) is 9.10. The molecule has 0 aliphatic carbocycles. The lowest BCUT2D eigenvalue weighted by molar-refractivity contribution is 0.208. The van der Waals surface area contributed by atoms with Gasteiger partial charge in [0.05, 0.1) is 6.54 Å². The van der Waals surface area contributed by atoms with Gasteiger partial charge in [0, 0.05) is 39.6 Å². The summed E-state index contributed by atoms with van der Waals surface area (Å²) in [6, 6.07) is 0. The van der Waals surface area contributed by atoms with E-state index >= 15 is 0 Å². The van der Waals surface area contributed by atoms with Crippen LogP contribution in [0.1, 0.15) is 26.1 Å². The van der Waals surface area contributed by atoms with Gasteiger partial charge in [-0.3, -0.25) is 4.99 Å². The van der Waals surface area contributed by atoms with Gasteiger partial charge in [-0.15, -0.1) is 24.0 Å². The number of imidazole rings is 1. The summed E-state index contributed by atoms with van der Waals surface area (Å²) in [5.74, 6) is 3.48. The molecule has 1 aromatic heterocycles. The van der Waals surface area contributed by atoms with Gasteiger partial charge in [-0.25, -0.2) is 4.98 Å². The summed E-state index contributed by atoms with van der Waals surface area (Å²) in [6.45, 7) is 7.52. The second-order valence-electron chi connectivity index (χ2n) is 5.71. The van der Waals surface area contributed by atoms with Gasteiger partial charge in [0.2, 0.25) is 0 Å². The Balaban J connectivity index is 0.00000200. The van der Waals surface area contributed by atoms with Crippen LogP contribution in [-0.2, 0) is 13.6 Å². The number of likely N-dealkylation sites (tertiary alicyclic amines) is 1. The summed E-state index contributed by atoms with van der Waals surface area (Å²) in [7, 11) is 3.86. The maximum Gasteiger partial charge on any atom is 0.194 e. The topological polar surface area (TPSA) is 45.5 Å². The van der Waals surface area contributed by atoms with E-state index in [1.165, 1.54) is 6.42 Å². The number of hydrogen-bond donors (Lipinski definition) is 1. The van der Waals surface area contributed by atoms with Gasteiger partial charge in [-0.2, -0.15) is 0 Å². The SMILES string of the molecule is CN=C(NCc1nccn1C)N1CC(C)CC(C)C1.I. The third-order valence-corrected chi connectivity index (χ3v) is 3.71. The Bertz CT molecular complexity index is 433. The van der Waals surface area contributed by atoms with E-state index in [-0.39, 0.29) is 24.0 Å². The minimum Gasteiger partial charge on any atom is -0.349 e. The summed E-state index contributed by atoms with van der Waals surface area (Å²) in [6.07, 6.45) is 5.10. The third kappa shape index (κ3) is 4.36. The molecule has 1 saturated heterocycles. The smallest absolute Gasteiger partial charge is 0.194 e. The van der Waals surface area contributed by atoms with Crippen molar-refractivity contribution in [3.05, 3.63) is 18.2 Å². The average Bonchev–Trinajstić information content (AvgIpc) is 2.75. The first-order valence-electron chi connectivity index (χ1n) is 7.02. The van der Waals surface area contributed by atoms with Gasteiger partial charge in [0.15, 0.2) is 5.96 Å². The van der Waals surface area contributed by atoms with Crippen molar-refractivity contribution in [1.29, 1.82) is 0 Å². The van der Waals surface area contributed by atoms with Crippen LogP contribution >= 0.6 is 24.0 Å². The molecule has 0 amide bonds. The van der Waals surface area contributed by atoms with Crippen molar-refractivity contribution in [2.75, 3.05) is 20.1 Å². The molecule has 2 rings (SSSR count). The quantitative estimate of drug-likeness (QED) is 0.477. The van der Waals surface area contributed by atoms with Crippen LogP contribution < -0.4 is 5.32 Å². The van der Waals surface area contributed by atoms with Gasteiger partial charge in [-0.1, -0.05) is 13.8 Å². The second-order valence-corrected chi connectivity index (χ2v) is 5.71. The van der Waals surface area contributed by atoms with Crippen LogP contribution in [-0.4, -0.2) is 40.5 Å². The molecule has 1 aliphatic rings. The number of guanidine groups is 1. The zero-order chi connectivity index (χ0) is 13.8. The molecule has 20 heavy (non-hydrogen) atoms. The molecule has 0 aromatic carbocycles. The molecule has 0 saturated carbocycles. The van der Waals surface area contributed by atoms with Crippen molar-refractivity contribution in [3.8, 4) is 0 Å². The zero-order valence-electron chi connectivity index (χ0n) is 12.8. The number of aliphatic imine (C=N–C) groups is 1. The number of hydrogen-bond acceptors (Lipinski definition) is 2. The molecule has 1 N–H and O–H groups in total. The lowest BCUT2D eigenvalue weighted by atomic mass is 9.92. The van der Waals surface area contributed by atoms with E-state index in [2.05, 4.69) is 34.0 Å². The normalized spacial score (nSPS) is 23.4. The lowest BCUT2D eigenvalue weighted by Crippen LogP contribution is -2.48. The summed E-state index contributed by atoms with van der Waals surface area (Å²) < 4.78 is 2.03. The van der Waals surface area contributed by atoms with E-state index in [1.807, 2.05) is 31.1 Å². The summed E-state index contributed by atoms with van der Waals surface area (Å²) in [5, 5.41) is 3.42. The fraction of sp³-hybridized carbons (Fsp3) is 0.714. The molecular weight excluding hydrogens is 365 g/mol. The summed E-state index contributed by atoms with van der Waals surface area (Å²) in [5.41, 5.74) is 0. The predicted octanol–water partition coefficient (Wildman–Crippen LogP) is 2.09. The number of nitrogens with zero attached hydrogens (tertiary/aromatic N) is 4. The van der Waals surface area contributed by atoms with Crippen LogP contribution in [0, 0.1) is 11.8 Å². The Hall–Kier alpha value is -0.790. The number of halogens is 1. The highest BCUT2D eigenvalue weighted by atomic mass is 127. The van der Waals surface area contributed by atoms with Gasteiger partial charge < -0.3 is 14.8 Å². The van der Waals surface area contributed by atoms with E-state index in [1.54, 1.807) is 0 Å². The first kappa shape index (κ1) is 17.3. The van der Waals surface area contributed by atoms with Gasteiger partial charge in [0.25, 0.3) is 0 Å². The maximum absolute atomic E-state index is 4.40. The summed E-state index contributed by atoms with van der Waals surface area (Å²) >= 11 is 0. The van der Waals surface area contributed by atoms with Crippen molar-refractivity contribution < 1.29 is 0 Å². The van der Waals surface area contributed by atoms with Crippen molar-refractivity contribution in [3.63, 3.8) is 0 Å². The van der Waals surface area contributed by atoms with Crippen LogP contribution in [0.4, 0.5) is 0 Å². The number of aryl methyl sites for hydroxylation is 1. The maximum atomic E-state index is 4.40. The molecule has 0 spiro atoms. The van der Waals surface area contributed by atoms with Crippen molar-refractivity contribution >= 4 is 29.9 Å². The first-order valence-corrected chi connectivity index (χ1v) is 7.02. The molecule has 114 valence electrons. The molecule has 1 fully saturated rings. The van der Waals surface area contributed by atoms with Gasteiger partial charge in [-0.05, 0) is 18.3 Å². The molecular formula is C14H26IN5. The molecule has 2 heterocycles. The van der Waals surface area contributed by atoms with Gasteiger partial charge >= 0.3 is 0 Å². The molecule has 5 nitrogen and oxygen atoms in total. The lowest BCUT2D eigenvalue weighted by Gasteiger charge is -2.37. The number of piperidine rings is 1. The molecule has 2 unspecified atom stereocenters. The van der Waals surface area contributed by atoms with E-state index in [0.29, 0.717) is 0 Å². The van der Waals surface area contributed by atoms with E-state index in [9.17, 15) is 0 Å². The second kappa shape index (κ2) is 7.85. The van der Waals surface area contributed by atoms with Crippen LogP contribution in [0.2, 0.25) is 0 Å². The van der Waals surface area contributed by atoms with Crippen molar-refractivity contribution in [1.82, 2.24) is 19.8 Å². The minimum absolute atomic E-state index is 0. The Labute approximate surface area is 138 Å².